The fourth-order valence-electron chi connectivity index (χ4n) is 4.36. The molecule has 1 heterocycles. The Hall–Kier alpha value is -3.68. The molecule has 3 aromatic rings. The maximum Gasteiger partial charge on any atom is 0.255 e. The molecule has 0 bridgehead atoms. The third-order valence-corrected chi connectivity index (χ3v) is 6.48. The van der Waals surface area contributed by atoms with Crippen molar-refractivity contribution in [2.45, 2.75) is 19.9 Å². The maximum atomic E-state index is 12.7. The summed E-state index contributed by atoms with van der Waals surface area (Å²) in [5.74, 6) is 0.475. The lowest BCUT2D eigenvalue weighted by Crippen LogP contribution is -2.36. The Bertz CT molecular complexity index is 1160. The van der Waals surface area contributed by atoms with Crippen molar-refractivity contribution < 1.29 is 14.3 Å². The van der Waals surface area contributed by atoms with Crippen LogP contribution in [0.4, 0.5) is 11.4 Å². The molecular formula is C29H34N4O3. The highest BCUT2D eigenvalue weighted by Gasteiger charge is 2.18. The zero-order chi connectivity index (χ0) is 25.3. The minimum absolute atomic E-state index is 0.0437. The lowest BCUT2D eigenvalue weighted by Gasteiger charge is -2.22. The van der Waals surface area contributed by atoms with Crippen LogP contribution in [0.3, 0.4) is 0 Å². The van der Waals surface area contributed by atoms with E-state index >= 15 is 0 Å². The van der Waals surface area contributed by atoms with E-state index in [0.717, 1.165) is 44.9 Å². The zero-order valence-electron chi connectivity index (χ0n) is 21.0. The van der Waals surface area contributed by atoms with E-state index in [0.29, 0.717) is 23.5 Å². The molecule has 7 heteroatoms. The maximum absolute atomic E-state index is 12.7. The molecule has 3 aromatic carbocycles. The molecule has 0 radical (unpaired) electrons. The van der Waals surface area contributed by atoms with Crippen LogP contribution < -0.4 is 15.4 Å². The second-order valence-corrected chi connectivity index (χ2v) is 9.14. The van der Waals surface area contributed by atoms with Gasteiger partial charge in [-0.2, -0.15) is 0 Å². The van der Waals surface area contributed by atoms with Gasteiger partial charge in [-0.05, 0) is 86.1 Å². The summed E-state index contributed by atoms with van der Waals surface area (Å²) in [4.78, 5) is 29.9. The summed E-state index contributed by atoms with van der Waals surface area (Å²) >= 11 is 0. The first kappa shape index (κ1) is 25.4. The Morgan fingerprint density at radius 2 is 1.44 bits per heavy atom. The van der Waals surface area contributed by atoms with Crippen LogP contribution in [0.2, 0.25) is 0 Å². The molecule has 1 fully saturated rings. The summed E-state index contributed by atoms with van der Waals surface area (Å²) in [6.45, 7) is 7.21. The van der Waals surface area contributed by atoms with Gasteiger partial charge >= 0.3 is 0 Å². The third-order valence-electron chi connectivity index (χ3n) is 6.48. The highest BCUT2D eigenvalue weighted by atomic mass is 16.5. The van der Waals surface area contributed by atoms with Gasteiger partial charge in [0.05, 0.1) is 13.7 Å². The van der Waals surface area contributed by atoms with Crippen LogP contribution in [0, 0.1) is 6.92 Å². The average Bonchev–Trinajstić information content (AvgIpc) is 3.11. The van der Waals surface area contributed by atoms with Crippen molar-refractivity contribution >= 4 is 23.2 Å². The second kappa shape index (κ2) is 12.3. The van der Waals surface area contributed by atoms with Gasteiger partial charge in [0.1, 0.15) is 5.75 Å². The Morgan fingerprint density at radius 3 is 2.17 bits per heavy atom. The fraction of sp³-hybridized carbons (Fsp3) is 0.310. The largest absolute Gasteiger partial charge is 0.497 e. The van der Waals surface area contributed by atoms with Crippen LogP contribution in [0.25, 0.3) is 0 Å². The molecule has 2 amide bonds. The van der Waals surface area contributed by atoms with E-state index in [4.69, 9.17) is 4.74 Å². The highest BCUT2D eigenvalue weighted by Crippen LogP contribution is 2.17. The van der Waals surface area contributed by atoms with Crippen LogP contribution in [0.1, 0.15) is 27.9 Å². The number of amides is 2. The Balaban J connectivity index is 1.23. The molecule has 0 atom stereocenters. The second-order valence-electron chi connectivity index (χ2n) is 9.14. The number of aryl methyl sites for hydroxylation is 1. The van der Waals surface area contributed by atoms with Gasteiger partial charge < -0.3 is 15.4 Å². The number of benzene rings is 3. The number of nitrogens with zero attached hydrogens (tertiary/aromatic N) is 2. The summed E-state index contributed by atoms with van der Waals surface area (Å²) in [6.07, 6.45) is 1.04. The van der Waals surface area contributed by atoms with E-state index < -0.39 is 0 Å². The van der Waals surface area contributed by atoms with Crippen molar-refractivity contribution in [3.63, 3.8) is 0 Å². The molecule has 4 rings (SSSR count). The lowest BCUT2D eigenvalue weighted by molar-refractivity contribution is -0.117. The number of ether oxygens (including phenoxy) is 1. The first-order valence-corrected chi connectivity index (χ1v) is 12.3. The van der Waals surface area contributed by atoms with E-state index in [1.54, 1.807) is 55.6 Å². The topological polar surface area (TPSA) is 73.9 Å². The van der Waals surface area contributed by atoms with Gasteiger partial charge in [-0.15, -0.1) is 0 Å². The third kappa shape index (κ3) is 7.16. The number of rotatable bonds is 8. The van der Waals surface area contributed by atoms with Crippen molar-refractivity contribution in [1.29, 1.82) is 0 Å². The minimum Gasteiger partial charge on any atom is -0.497 e. The predicted molar refractivity (Wildman–Crippen MR) is 144 cm³/mol. The van der Waals surface area contributed by atoms with Gasteiger partial charge in [0, 0.05) is 36.6 Å². The van der Waals surface area contributed by atoms with E-state index in [1.807, 2.05) is 0 Å². The summed E-state index contributed by atoms with van der Waals surface area (Å²) in [5, 5.41) is 5.82. The number of methoxy groups -OCH3 is 1. The number of nitrogens with one attached hydrogen (secondary N) is 2. The minimum atomic E-state index is -0.210. The SMILES string of the molecule is COc1ccc(NC(=O)c2ccc(NC(=O)CN3CCCN(Cc4ccccc4C)CC3)cc2)cc1. The Labute approximate surface area is 213 Å². The Kier molecular flexibility index (Phi) is 8.71. The van der Waals surface area contributed by atoms with E-state index in [-0.39, 0.29) is 11.8 Å². The van der Waals surface area contributed by atoms with Crippen molar-refractivity contribution in [2.24, 2.45) is 0 Å². The molecule has 0 aliphatic carbocycles. The standard InChI is InChI=1S/C29H34N4O3/c1-22-6-3-4-7-24(22)20-32-16-5-17-33(19-18-32)21-28(34)30-25-10-8-23(9-11-25)29(35)31-26-12-14-27(36-2)15-13-26/h3-4,6-15H,5,16-21H2,1-2H3,(H,30,34)(H,31,35). The van der Waals surface area contributed by atoms with E-state index in [9.17, 15) is 9.59 Å². The molecule has 1 aliphatic rings. The van der Waals surface area contributed by atoms with Crippen molar-refractivity contribution in [1.82, 2.24) is 9.80 Å². The van der Waals surface area contributed by atoms with Gasteiger partial charge in [-0.25, -0.2) is 0 Å². The molecule has 7 nitrogen and oxygen atoms in total. The highest BCUT2D eigenvalue weighted by molar-refractivity contribution is 6.04. The summed E-state index contributed by atoms with van der Waals surface area (Å²) in [6, 6.07) is 22.6. The van der Waals surface area contributed by atoms with Gasteiger partial charge in [0.25, 0.3) is 5.91 Å². The summed E-state index contributed by atoms with van der Waals surface area (Å²) in [5.41, 5.74) is 4.57. The molecular weight excluding hydrogens is 452 g/mol. The fourth-order valence-corrected chi connectivity index (χ4v) is 4.36. The molecule has 36 heavy (non-hydrogen) atoms. The van der Waals surface area contributed by atoms with Gasteiger partial charge in [0.2, 0.25) is 5.91 Å². The molecule has 0 aromatic heterocycles. The summed E-state index contributed by atoms with van der Waals surface area (Å²) < 4.78 is 5.14. The number of carbonyl (C=O) groups excluding carboxylic acids is 2. The first-order chi connectivity index (χ1) is 17.5. The smallest absolute Gasteiger partial charge is 0.255 e. The van der Waals surface area contributed by atoms with Crippen molar-refractivity contribution in [2.75, 3.05) is 50.5 Å². The molecule has 1 saturated heterocycles. The quantitative estimate of drug-likeness (QED) is 0.494. The monoisotopic (exact) mass is 486 g/mol. The molecule has 188 valence electrons. The van der Waals surface area contributed by atoms with Crippen LogP contribution in [-0.4, -0.2) is 61.4 Å². The van der Waals surface area contributed by atoms with Crippen molar-refractivity contribution in [3.8, 4) is 5.75 Å². The number of hydrogen-bond donors (Lipinski definition) is 2. The molecule has 0 saturated carbocycles. The zero-order valence-corrected chi connectivity index (χ0v) is 21.0. The Morgan fingerprint density at radius 1 is 0.806 bits per heavy atom. The number of carbonyl (C=O) groups is 2. The lowest BCUT2D eigenvalue weighted by atomic mass is 10.1. The summed E-state index contributed by atoms with van der Waals surface area (Å²) in [7, 11) is 1.60. The molecule has 1 aliphatic heterocycles. The van der Waals surface area contributed by atoms with Crippen LogP contribution in [-0.2, 0) is 11.3 Å². The van der Waals surface area contributed by atoms with E-state index in [1.165, 1.54) is 11.1 Å². The number of anilines is 2. The van der Waals surface area contributed by atoms with Crippen LogP contribution in [0.15, 0.2) is 72.8 Å². The van der Waals surface area contributed by atoms with Crippen molar-refractivity contribution in [3.05, 3.63) is 89.5 Å². The van der Waals surface area contributed by atoms with Gasteiger partial charge in [-0.1, -0.05) is 24.3 Å². The average molecular weight is 487 g/mol. The van der Waals surface area contributed by atoms with Crippen LogP contribution in [0.5, 0.6) is 5.75 Å². The predicted octanol–water partition coefficient (Wildman–Crippen LogP) is 4.40. The normalized spacial score (nSPS) is 14.6. The molecule has 0 unspecified atom stereocenters. The molecule has 0 spiro atoms. The van der Waals surface area contributed by atoms with Gasteiger partial charge in [-0.3, -0.25) is 19.4 Å². The first-order valence-electron chi connectivity index (χ1n) is 12.3. The van der Waals surface area contributed by atoms with Crippen LogP contribution >= 0.6 is 0 Å². The number of hydrogen-bond acceptors (Lipinski definition) is 5. The van der Waals surface area contributed by atoms with E-state index in [2.05, 4.69) is 51.6 Å². The van der Waals surface area contributed by atoms with Gasteiger partial charge in [0.15, 0.2) is 0 Å². The molecule has 2 N–H and O–H groups in total.